The first-order valence-corrected chi connectivity index (χ1v) is 11.2. The third-order valence-corrected chi connectivity index (χ3v) is 8.08. The van der Waals surface area contributed by atoms with E-state index in [1.54, 1.807) is 28.0 Å². The predicted octanol–water partition coefficient (Wildman–Crippen LogP) is 1.88. The van der Waals surface area contributed by atoms with Gasteiger partial charge in [-0.15, -0.1) is 11.3 Å². The molecule has 0 aliphatic carbocycles. The summed E-state index contributed by atoms with van der Waals surface area (Å²) in [5.74, 6) is 0.874. The number of hydrogen-bond donors (Lipinski definition) is 0. The Kier molecular flexibility index (Phi) is 5.75. The maximum Gasteiger partial charge on any atom is 0.214 e. The van der Waals surface area contributed by atoms with Crippen LogP contribution >= 0.6 is 23.1 Å². The molecule has 0 atom stereocenters. The van der Waals surface area contributed by atoms with E-state index in [9.17, 15) is 13.2 Å². The molecule has 0 unspecified atom stereocenters. The van der Waals surface area contributed by atoms with Gasteiger partial charge < -0.3 is 4.90 Å². The minimum absolute atomic E-state index is 0.145. The van der Waals surface area contributed by atoms with Gasteiger partial charge in [-0.05, 0) is 18.6 Å². The molecule has 1 aliphatic rings. The predicted molar refractivity (Wildman–Crippen MR) is 98.0 cm³/mol. The number of carbonyl (C=O) groups is 1. The van der Waals surface area contributed by atoms with E-state index in [0.29, 0.717) is 32.6 Å². The first kappa shape index (κ1) is 17.7. The van der Waals surface area contributed by atoms with E-state index in [-0.39, 0.29) is 5.75 Å². The maximum atomic E-state index is 12.3. The fourth-order valence-electron chi connectivity index (χ4n) is 2.53. The van der Waals surface area contributed by atoms with Crippen molar-refractivity contribution < 1.29 is 13.2 Å². The number of carbonyl (C=O) groups excluding carboxylic acids is 1. The van der Waals surface area contributed by atoms with Crippen molar-refractivity contribution in [3.63, 3.8) is 0 Å². The van der Waals surface area contributed by atoms with Crippen LogP contribution in [-0.2, 0) is 14.8 Å². The number of piperazine rings is 1. The second kappa shape index (κ2) is 7.81. The fourth-order valence-corrected chi connectivity index (χ4v) is 6.28. The molecular weight excluding hydrogens is 366 g/mol. The van der Waals surface area contributed by atoms with Crippen LogP contribution in [0.5, 0.6) is 0 Å². The smallest absolute Gasteiger partial charge is 0.214 e. The highest BCUT2D eigenvalue weighted by Gasteiger charge is 2.25. The van der Waals surface area contributed by atoms with E-state index in [4.69, 9.17) is 0 Å². The highest BCUT2D eigenvalue weighted by atomic mass is 32.2. The SMILES string of the molecule is O=CN1CCN(S(=O)(=O)CCCSc2nc3ccccc3s2)CC1. The van der Waals surface area contributed by atoms with Crippen LogP contribution in [0.4, 0.5) is 0 Å². The molecule has 2 heterocycles. The number of rotatable bonds is 7. The zero-order chi connectivity index (χ0) is 17.0. The van der Waals surface area contributed by atoms with Crippen molar-refractivity contribution in [3.05, 3.63) is 24.3 Å². The molecule has 0 spiro atoms. The van der Waals surface area contributed by atoms with Crippen LogP contribution in [0, 0.1) is 0 Å². The average Bonchev–Trinajstić information content (AvgIpc) is 3.01. The Morgan fingerprint density at radius 3 is 2.67 bits per heavy atom. The Balaban J connectivity index is 1.46. The molecule has 0 N–H and O–H groups in total. The molecule has 0 radical (unpaired) electrons. The summed E-state index contributed by atoms with van der Waals surface area (Å²) in [5, 5.41) is 0. The Hall–Kier alpha value is -1.16. The topological polar surface area (TPSA) is 70.6 Å². The van der Waals surface area contributed by atoms with Crippen LogP contribution in [0.25, 0.3) is 10.2 Å². The first-order chi connectivity index (χ1) is 11.6. The third-order valence-electron chi connectivity index (χ3n) is 3.86. The number of hydrogen-bond acceptors (Lipinski definition) is 6. The van der Waals surface area contributed by atoms with Crippen molar-refractivity contribution in [2.24, 2.45) is 0 Å². The Morgan fingerprint density at radius 2 is 1.96 bits per heavy atom. The van der Waals surface area contributed by atoms with Gasteiger partial charge in [-0.3, -0.25) is 4.79 Å². The van der Waals surface area contributed by atoms with Crippen LogP contribution in [0.2, 0.25) is 0 Å². The van der Waals surface area contributed by atoms with Gasteiger partial charge in [-0.1, -0.05) is 23.9 Å². The molecule has 1 aliphatic heterocycles. The van der Waals surface area contributed by atoms with Gasteiger partial charge in [0.25, 0.3) is 0 Å². The number of sulfonamides is 1. The van der Waals surface area contributed by atoms with E-state index < -0.39 is 10.0 Å². The Bertz CT molecular complexity index is 765. The normalized spacial score (nSPS) is 16.6. The summed E-state index contributed by atoms with van der Waals surface area (Å²) in [4.78, 5) is 16.8. The number of thioether (sulfide) groups is 1. The second-order valence-electron chi connectivity index (χ2n) is 5.51. The molecule has 1 saturated heterocycles. The molecule has 1 aromatic heterocycles. The van der Waals surface area contributed by atoms with Crippen LogP contribution in [0.3, 0.4) is 0 Å². The van der Waals surface area contributed by atoms with Crippen LogP contribution in [0.15, 0.2) is 28.6 Å². The highest BCUT2D eigenvalue weighted by Crippen LogP contribution is 2.29. The Labute approximate surface area is 149 Å². The van der Waals surface area contributed by atoms with Crippen molar-refractivity contribution in [2.45, 2.75) is 10.8 Å². The van der Waals surface area contributed by atoms with Gasteiger partial charge in [-0.2, -0.15) is 4.31 Å². The maximum absolute atomic E-state index is 12.3. The molecule has 130 valence electrons. The molecule has 0 bridgehead atoms. The second-order valence-corrected chi connectivity index (χ2v) is 9.97. The monoisotopic (exact) mass is 385 g/mol. The average molecular weight is 386 g/mol. The molecule has 24 heavy (non-hydrogen) atoms. The quantitative estimate of drug-likeness (QED) is 0.413. The van der Waals surface area contributed by atoms with Crippen LogP contribution in [-0.4, -0.2) is 66.7 Å². The summed E-state index contributed by atoms with van der Waals surface area (Å²) in [6.45, 7) is 1.74. The minimum Gasteiger partial charge on any atom is -0.343 e. The molecule has 3 rings (SSSR count). The zero-order valence-electron chi connectivity index (χ0n) is 13.1. The highest BCUT2D eigenvalue weighted by molar-refractivity contribution is 8.01. The van der Waals surface area contributed by atoms with E-state index in [1.807, 2.05) is 24.3 Å². The van der Waals surface area contributed by atoms with E-state index in [1.165, 1.54) is 4.31 Å². The molecule has 1 aromatic carbocycles. The van der Waals surface area contributed by atoms with E-state index >= 15 is 0 Å². The van der Waals surface area contributed by atoms with Crippen LogP contribution in [0.1, 0.15) is 6.42 Å². The molecule has 2 aromatic rings. The Morgan fingerprint density at radius 1 is 1.21 bits per heavy atom. The van der Waals surface area contributed by atoms with Gasteiger partial charge >= 0.3 is 0 Å². The number of aromatic nitrogens is 1. The van der Waals surface area contributed by atoms with Gasteiger partial charge in [-0.25, -0.2) is 13.4 Å². The molecule has 6 nitrogen and oxygen atoms in total. The standard InChI is InChI=1S/C15H19N3O3S3/c19-12-17-6-8-18(9-7-17)24(20,21)11-3-10-22-15-16-13-4-1-2-5-14(13)23-15/h1-2,4-5,12H,3,6-11H2. The summed E-state index contributed by atoms with van der Waals surface area (Å²) >= 11 is 3.25. The lowest BCUT2D eigenvalue weighted by molar-refractivity contribution is -0.119. The number of nitrogens with zero attached hydrogens (tertiary/aromatic N) is 3. The van der Waals surface area contributed by atoms with Crippen molar-refractivity contribution in [2.75, 3.05) is 37.7 Å². The van der Waals surface area contributed by atoms with Crippen molar-refractivity contribution in [3.8, 4) is 0 Å². The molecule has 0 saturated carbocycles. The number of fused-ring (bicyclic) bond motifs is 1. The summed E-state index contributed by atoms with van der Waals surface area (Å²) < 4.78 is 28.3. The van der Waals surface area contributed by atoms with E-state index in [0.717, 1.165) is 26.7 Å². The van der Waals surface area contributed by atoms with Crippen LogP contribution < -0.4 is 0 Å². The molecule has 1 fully saturated rings. The minimum atomic E-state index is -3.23. The summed E-state index contributed by atoms with van der Waals surface area (Å²) in [6, 6.07) is 7.99. The largest absolute Gasteiger partial charge is 0.343 e. The summed E-state index contributed by atoms with van der Waals surface area (Å²) in [7, 11) is -3.23. The van der Waals surface area contributed by atoms with Gasteiger partial charge in [0.1, 0.15) is 0 Å². The van der Waals surface area contributed by atoms with Gasteiger partial charge in [0.2, 0.25) is 16.4 Å². The third kappa shape index (κ3) is 4.27. The number of amides is 1. The number of benzene rings is 1. The van der Waals surface area contributed by atoms with E-state index in [2.05, 4.69) is 4.98 Å². The zero-order valence-corrected chi connectivity index (χ0v) is 15.6. The van der Waals surface area contributed by atoms with Crippen molar-refractivity contribution >= 4 is 49.7 Å². The number of thiazole rings is 1. The molecule has 1 amide bonds. The summed E-state index contributed by atoms with van der Waals surface area (Å²) in [5.41, 5.74) is 0.991. The molecular formula is C15H19N3O3S3. The fraction of sp³-hybridized carbons (Fsp3) is 0.467. The summed E-state index contributed by atoms with van der Waals surface area (Å²) in [6.07, 6.45) is 1.37. The lowest BCUT2D eigenvalue weighted by atomic mass is 10.3. The molecule has 9 heteroatoms. The number of para-hydroxylation sites is 1. The van der Waals surface area contributed by atoms with Gasteiger partial charge in [0, 0.05) is 31.9 Å². The van der Waals surface area contributed by atoms with Crippen molar-refractivity contribution in [1.29, 1.82) is 0 Å². The lowest BCUT2D eigenvalue weighted by Gasteiger charge is -2.31. The lowest BCUT2D eigenvalue weighted by Crippen LogP contribution is -2.48. The first-order valence-electron chi connectivity index (χ1n) is 7.74. The van der Waals surface area contributed by atoms with Crippen molar-refractivity contribution in [1.82, 2.24) is 14.2 Å². The van der Waals surface area contributed by atoms with Gasteiger partial charge in [0.05, 0.1) is 16.0 Å². The van der Waals surface area contributed by atoms with Gasteiger partial charge in [0.15, 0.2) is 4.34 Å².